The number of anilines is 2. The average Bonchev–Trinajstić information content (AvgIpc) is 2.41. The quantitative estimate of drug-likeness (QED) is 0.869. The fraction of sp³-hybridized carbons (Fsp3) is 0.714. The first-order valence-electron chi connectivity index (χ1n) is 7.13. The van der Waals surface area contributed by atoms with Crippen molar-refractivity contribution in [3.8, 4) is 0 Å². The molecular weight excluding hydrogens is 238 g/mol. The van der Waals surface area contributed by atoms with Crippen LogP contribution >= 0.6 is 0 Å². The molecule has 5 heteroatoms. The largest absolute Gasteiger partial charge is 0.367 e. The zero-order valence-corrected chi connectivity index (χ0v) is 12.1. The van der Waals surface area contributed by atoms with Crippen LogP contribution in [0.5, 0.6) is 0 Å². The Bertz CT molecular complexity index is 399. The van der Waals surface area contributed by atoms with Gasteiger partial charge in [0.15, 0.2) is 0 Å². The Morgan fingerprint density at radius 2 is 1.95 bits per heavy atom. The molecule has 1 aromatic heterocycles. The Balaban J connectivity index is 1.99. The van der Waals surface area contributed by atoms with Crippen molar-refractivity contribution in [3.05, 3.63) is 12.4 Å². The van der Waals surface area contributed by atoms with Gasteiger partial charge >= 0.3 is 0 Å². The third-order valence-corrected chi connectivity index (χ3v) is 3.91. The molecule has 19 heavy (non-hydrogen) atoms. The Morgan fingerprint density at radius 3 is 2.58 bits per heavy atom. The van der Waals surface area contributed by atoms with Gasteiger partial charge in [-0.2, -0.15) is 0 Å². The fourth-order valence-corrected chi connectivity index (χ4v) is 2.36. The predicted octanol–water partition coefficient (Wildman–Crippen LogP) is 2.00. The van der Waals surface area contributed by atoms with E-state index in [1.165, 1.54) is 0 Å². The second kappa shape index (κ2) is 6.19. The van der Waals surface area contributed by atoms with E-state index in [2.05, 4.69) is 41.1 Å². The third-order valence-electron chi connectivity index (χ3n) is 3.91. The number of hydrogen-bond donors (Lipinski definition) is 2. The number of rotatable bonds is 4. The number of aromatic nitrogens is 2. The maximum absolute atomic E-state index is 5.93. The van der Waals surface area contributed by atoms with Gasteiger partial charge < -0.3 is 16.0 Å². The Labute approximate surface area is 115 Å². The van der Waals surface area contributed by atoms with Gasteiger partial charge in [-0.25, -0.2) is 9.97 Å². The van der Waals surface area contributed by atoms with Crippen LogP contribution in [0, 0.1) is 0 Å². The average molecular weight is 263 g/mol. The van der Waals surface area contributed by atoms with Crippen molar-refractivity contribution in [2.75, 3.05) is 17.3 Å². The molecule has 3 N–H and O–H groups in total. The van der Waals surface area contributed by atoms with E-state index in [-0.39, 0.29) is 0 Å². The van der Waals surface area contributed by atoms with Crippen LogP contribution in [0.25, 0.3) is 0 Å². The van der Waals surface area contributed by atoms with Crippen LogP contribution in [-0.4, -0.2) is 35.1 Å². The monoisotopic (exact) mass is 263 g/mol. The van der Waals surface area contributed by atoms with Crippen molar-refractivity contribution in [2.45, 2.75) is 57.7 Å². The molecule has 1 aliphatic carbocycles. The summed E-state index contributed by atoms with van der Waals surface area (Å²) in [7, 11) is 2.05. The van der Waals surface area contributed by atoms with E-state index in [1.54, 1.807) is 6.33 Å². The van der Waals surface area contributed by atoms with Crippen molar-refractivity contribution in [3.63, 3.8) is 0 Å². The molecule has 106 valence electrons. The molecular formula is C14H25N5. The maximum Gasteiger partial charge on any atom is 0.134 e. The van der Waals surface area contributed by atoms with Gasteiger partial charge in [-0.3, -0.25) is 0 Å². The number of nitrogens with one attached hydrogen (secondary N) is 1. The fourth-order valence-electron chi connectivity index (χ4n) is 2.36. The molecule has 0 bridgehead atoms. The molecule has 1 aliphatic rings. The van der Waals surface area contributed by atoms with Crippen LogP contribution < -0.4 is 16.0 Å². The second-order valence-corrected chi connectivity index (χ2v) is 5.72. The van der Waals surface area contributed by atoms with Gasteiger partial charge in [-0.15, -0.1) is 0 Å². The molecule has 0 amide bonds. The van der Waals surface area contributed by atoms with E-state index >= 15 is 0 Å². The predicted molar refractivity (Wildman–Crippen MR) is 79.4 cm³/mol. The summed E-state index contributed by atoms with van der Waals surface area (Å²) in [5.74, 6) is 1.87. The van der Waals surface area contributed by atoms with Crippen LogP contribution in [0.4, 0.5) is 11.6 Å². The summed E-state index contributed by atoms with van der Waals surface area (Å²) in [6, 6.07) is 3.32. The van der Waals surface area contributed by atoms with E-state index in [0.717, 1.165) is 37.3 Å². The minimum atomic E-state index is 0.381. The van der Waals surface area contributed by atoms with Crippen molar-refractivity contribution >= 4 is 11.6 Å². The minimum Gasteiger partial charge on any atom is -0.367 e. The molecule has 2 rings (SSSR count). The first kappa shape index (κ1) is 14.1. The van der Waals surface area contributed by atoms with Crippen LogP contribution in [0.3, 0.4) is 0 Å². The normalized spacial score (nSPS) is 23.4. The Kier molecular flexibility index (Phi) is 4.58. The summed E-state index contributed by atoms with van der Waals surface area (Å²) in [4.78, 5) is 10.8. The maximum atomic E-state index is 5.93. The van der Waals surface area contributed by atoms with E-state index in [9.17, 15) is 0 Å². The van der Waals surface area contributed by atoms with Gasteiger partial charge in [-0.1, -0.05) is 0 Å². The zero-order valence-electron chi connectivity index (χ0n) is 12.1. The molecule has 0 aliphatic heterocycles. The van der Waals surface area contributed by atoms with Crippen molar-refractivity contribution in [1.82, 2.24) is 9.97 Å². The molecule has 5 nitrogen and oxygen atoms in total. The van der Waals surface area contributed by atoms with E-state index in [1.807, 2.05) is 6.07 Å². The molecule has 1 fully saturated rings. The summed E-state index contributed by atoms with van der Waals surface area (Å²) in [5.41, 5.74) is 5.93. The van der Waals surface area contributed by atoms with Crippen LogP contribution in [0.15, 0.2) is 12.4 Å². The highest BCUT2D eigenvalue weighted by Crippen LogP contribution is 2.22. The van der Waals surface area contributed by atoms with Crippen LogP contribution in [0.1, 0.15) is 39.5 Å². The smallest absolute Gasteiger partial charge is 0.134 e. The summed E-state index contributed by atoms with van der Waals surface area (Å²) in [6.07, 6.45) is 6.08. The number of hydrogen-bond acceptors (Lipinski definition) is 5. The highest BCUT2D eigenvalue weighted by atomic mass is 15.2. The van der Waals surface area contributed by atoms with Gasteiger partial charge in [0.05, 0.1) is 0 Å². The lowest BCUT2D eigenvalue weighted by Gasteiger charge is -2.28. The molecule has 0 atom stereocenters. The van der Waals surface area contributed by atoms with Gasteiger partial charge in [0.25, 0.3) is 0 Å². The molecule has 0 radical (unpaired) electrons. The van der Waals surface area contributed by atoms with Crippen LogP contribution in [0.2, 0.25) is 0 Å². The summed E-state index contributed by atoms with van der Waals surface area (Å²) in [6.45, 7) is 4.30. The Hall–Kier alpha value is -1.36. The second-order valence-electron chi connectivity index (χ2n) is 5.72. The molecule has 0 saturated heterocycles. The summed E-state index contributed by atoms with van der Waals surface area (Å²) >= 11 is 0. The third kappa shape index (κ3) is 3.80. The molecule has 0 aromatic carbocycles. The van der Waals surface area contributed by atoms with Gasteiger partial charge in [0.1, 0.15) is 18.0 Å². The SMILES string of the molecule is CC(C)N(C)c1cc(NC2CCC(N)CC2)ncn1. The standard InChI is InChI=1S/C14H25N5/c1-10(2)19(3)14-8-13(16-9-17-14)18-12-6-4-11(15)5-7-12/h8-12H,4-7,15H2,1-3H3,(H,16,17,18). The Morgan fingerprint density at radius 1 is 1.26 bits per heavy atom. The van der Waals surface area contributed by atoms with Gasteiger partial charge in [-0.05, 0) is 39.5 Å². The number of nitrogens with zero attached hydrogens (tertiary/aromatic N) is 3. The summed E-state index contributed by atoms with van der Waals surface area (Å²) in [5, 5.41) is 3.50. The molecule has 1 saturated carbocycles. The molecule has 0 unspecified atom stereocenters. The number of nitrogens with two attached hydrogens (primary N) is 1. The van der Waals surface area contributed by atoms with Crippen LogP contribution in [-0.2, 0) is 0 Å². The van der Waals surface area contributed by atoms with E-state index < -0.39 is 0 Å². The first-order chi connectivity index (χ1) is 9.06. The zero-order chi connectivity index (χ0) is 13.8. The topological polar surface area (TPSA) is 67.1 Å². The summed E-state index contributed by atoms with van der Waals surface area (Å²) < 4.78 is 0. The first-order valence-corrected chi connectivity index (χ1v) is 7.13. The van der Waals surface area contributed by atoms with Gasteiger partial charge in [0, 0.05) is 31.2 Å². The van der Waals surface area contributed by atoms with E-state index in [0.29, 0.717) is 18.1 Å². The molecule has 1 heterocycles. The molecule has 0 spiro atoms. The van der Waals surface area contributed by atoms with E-state index in [4.69, 9.17) is 5.73 Å². The molecule has 1 aromatic rings. The highest BCUT2D eigenvalue weighted by Gasteiger charge is 2.18. The lowest BCUT2D eigenvalue weighted by atomic mass is 9.92. The van der Waals surface area contributed by atoms with Crippen molar-refractivity contribution in [2.24, 2.45) is 5.73 Å². The van der Waals surface area contributed by atoms with Gasteiger partial charge in [0.2, 0.25) is 0 Å². The highest BCUT2D eigenvalue weighted by molar-refractivity contribution is 5.48. The minimum absolute atomic E-state index is 0.381. The van der Waals surface area contributed by atoms with Crippen molar-refractivity contribution in [1.29, 1.82) is 0 Å². The lowest BCUT2D eigenvalue weighted by molar-refractivity contribution is 0.410. The lowest BCUT2D eigenvalue weighted by Crippen LogP contribution is -2.33. The van der Waals surface area contributed by atoms with Crippen molar-refractivity contribution < 1.29 is 0 Å².